The number of aliphatic hydroxyl groups excluding tert-OH is 2. The van der Waals surface area contributed by atoms with Gasteiger partial charge in [0.2, 0.25) is 0 Å². The molecule has 6 aliphatic rings. The lowest BCUT2D eigenvalue weighted by atomic mass is 9.34. The average molecular weight is 332 g/mol. The summed E-state index contributed by atoms with van der Waals surface area (Å²) in [5, 5.41) is 22.3. The van der Waals surface area contributed by atoms with E-state index in [1.807, 2.05) is 6.92 Å². The SMILES string of the molecule is C=C1[C@@H]2CC[C@]3([C@H](O)C[C@@H]4[C@@]5(CCC[C@]4(C)C(=O)OC5)[C@@H]3C2)[C@H]1O. The number of hydrogen-bond acceptors (Lipinski definition) is 4. The molecule has 0 aromatic rings. The molecule has 6 rings (SSSR count). The fourth-order valence-electron chi connectivity index (χ4n) is 7.81. The quantitative estimate of drug-likeness (QED) is 0.528. The molecule has 132 valence electrons. The highest BCUT2D eigenvalue weighted by Gasteiger charge is 2.73. The highest BCUT2D eigenvalue weighted by Crippen LogP contribution is 2.73. The van der Waals surface area contributed by atoms with Crippen molar-refractivity contribution in [3.8, 4) is 0 Å². The van der Waals surface area contributed by atoms with Crippen LogP contribution in [0.3, 0.4) is 0 Å². The lowest BCUT2D eigenvalue weighted by Gasteiger charge is -2.71. The van der Waals surface area contributed by atoms with Gasteiger partial charge in [-0.2, -0.15) is 0 Å². The highest BCUT2D eigenvalue weighted by atomic mass is 16.5. The Kier molecular flexibility index (Phi) is 2.85. The number of carbonyl (C=O) groups is 1. The molecular weight excluding hydrogens is 304 g/mol. The van der Waals surface area contributed by atoms with Crippen molar-refractivity contribution in [2.45, 2.75) is 64.1 Å². The lowest BCUT2D eigenvalue weighted by Crippen LogP contribution is -2.73. The van der Waals surface area contributed by atoms with Crippen LogP contribution in [-0.2, 0) is 9.53 Å². The fraction of sp³-hybridized carbons (Fsp3) is 0.850. The summed E-state index contributed by atoms with van der Waals surface area (Å²) in [4.78, 5) is 12.6. The van der Waals surface area contributed by atoms with Gasteiger partial charge < -0.3 is 14.9 Å². The molecular formula is C20H28O4. The summed E-state index contributed by atoms with van der Waals surface area (Å²) in [5.41, 5.74) is -0.0551. The molecule has 8 atom stereocenters. The molecule has 24 heavy (non-hydrogen) atoms. The zero-order valence-corrected chi connectivity index (χ0v) is 14.5. The minimum Gasteiger partial charge on any atom is -0.465 e. The van der Waals surface area contributed by atoms with Gasteiger partial charge in [0.05, 0.1) is 24.2 Å². The Balaban J connectivity index is 1.67. The number of aliphatic hydroxyl groups is 2. The van der Waals surface area contributed by atoms with Gasteiger partial charge in [0.25, 0.3) is 0 Å². The van der Waals surface area contributed by atoms with Crippen LogP contribution in [0.25, 0.3) is 0 Å². The summed E-state index contributed by atoms with van der Waals surface area (Å²) in [6.45, 7) is 6.69. The van der Waals surface area contributed by atoms with Crippen LogP contribution in [0.1, 0.15) is 51.9 Å². The molecule has 5 aliphatic carbocycles. The second kappa shape index (κ2) is 4.45. The van der Waals surface area contributed by atoms with Gasteiger partial charge in [0, 0.05) is 10.8 Å². The third-order valence-electron chi connectivity index (χ3n) is 8.99. The largest absolute Gasteiger partial charge is 0.465 e. The number of fused-ring (bicyclic) bond motifs is 2. The van der Waals surface area contributed by atoms with E-state index in [4.69, 9.17) is 4.74 Å². The van der Waals surface area contributed by atoms with E-state index < -0.39 is 23.0 Å². The normalized spacial score (nSPS) is 58.7. The molecule has 1 saturated heterocycles. The summed E-state index contributed by atoms with van der Waals surface area (Å²) in [6, 6.07) is 0. The summed E-state index contributed by atoms with van der Waals surface area (Å²) >= 11 is 0. The molecule has 0 radical (unpaired) electrons. The summed E-state index contributed by atoms with van der Waals surface area (Å²) in [6.07, 6.45) is 5.35. The predicted octanol–water partition coefficient (Wildman–Crippen LogP) is 2.43. The van der Waals surface area contributed by atoms with Gasteiger partial charge >= 0.3 is 5.97 Å². The maximum Gasteiger partial charge on any atom is 0.312 e. The summed E-state index contributed by atoms with van der Waals surface area (Å²) < 4.78 is 5.73. The van der Waals surface area contributed by atoms with Crippen LogP contribution in [0.15, 0.2) is 12.2 Å². The van der Waals surface area contributed by atoms with Crippen LogP contribution in [0, 0.1) is 34.0 Å². The maximum atomic E-state index is 12.6. The molecule has 6 fully saturated rings. The number of carbonyl (C=O) groups excluding carboxylic acids is 1. The van der Waals surface area contributed by atoms with Crippen molar-refractivity contribution >= 4 is 5.97 Å². The van der Waals surface area contributed by atoms with Gasteiger partial charge in [-0.25, -0.2) is 0 Å². The summed E-state index contributed by atoms with van der Waals surface area (Å²) in [7, 11) is 0. The minimum absolute atomic E-state index is 0.0551. The van der Waals surface area contributed by atoms with E-state index >= 15 is 0 Å². The van der Waals surface area contributed by atoms with Gasteiger partial charge in [0.15, 0.2) is 0 Å². The Labute approximate surface area is 143 Å². The second-order valence-corrected chi connectivity index (χ2v) is 9.50. The van der Waals surface area contributed by atoms with Crippen molar-refractivity contribution in [3.05, 3.63) is 12.2 Å². The highest BCUT2D eigenvalue weighted by molar-refractivity contribution is 5.78. The van der Waals surface area contributed by atoms with Crippen LogP contribution in [0.2, 0.25) is 0 Å². The Morgan fingerprint density at radius 1 is 1.17 bits per heavy atom. The Bertz CT molecular complexity index is 627. The first-order valence-corrected chi connectivity index (χ1v) is 9.58. The molecule has 4 heteroatoms. The van der Waals surface area contributed by atoms with Crippen LogP contribution in [0.5, 0.6) is 0 Å². The van der Waals surface area contributed by atoms with Crippen LogP contribution < -0.4 is 0 Å². The third kappa shape index (κ3) is 1.44. The van der Waals surface area contributed by atoms with Crippen molar-refractivity contribution in [3.63, 3.8) is 0 Å². The second-order valence-electron chi connectivity index (χ2n) is 9.50. The first kappa shape index (κ1) is 15.4. The smallest absolute Gasteiger partial charge is 0.312 e. The first-order chi connectivity index (χ1) is 11.4. The van der Waals surface area contributed by atoms with E-state index in [1.165, 1.54) is 0 Å². The van der Waals surface area contributed by atoms with E-state index in [2.05, 4.69) is 6.58 Å². The van der Waals surface area contributed by atoms with Crippen molar-refractivity contribution in [1.82, 2.24) is 0 Å². The molecule has 1 spiro atoms. The number of cyclic esters (lactones) is 1. The molecule has 0 amide bonds. The van der Waals surface area contributed by atoms with Crippen LogP contribution in [-0.4, -0.2) is 35.0 Å². The summed E-state index contributed by atoms with van der Waals surface area (Å²) in [5.74, 6) is 0.714. The molecule has 0 unspecified atom stereocenters. The minimum atomic E-state index is -0.605. The topological polar surface area (TPSA) is 66.8 Å². The number of rotatable bonds is 0. The number of ether oxygens (including phenoxy) is 1. The van der Waals surface area contributed by atoms with Crippen molar-refractivity contribution < 1.29 is 19.7 Å². The third-order valence-corrected chi connectivity index (χ3v) is 8.99. The molecule has 1 heterocycles. The lowest BCUT2D eigenvalue weighted by molar-refractivity contribution is -0.283. The average Bonchev–Trinajstić information content (AvgIpc) is 2.57. The van der Waals surface area contributed by atoms with E-state index in [0.29, 0.717) is 18.9 Å². The van der Waals surface area contributed by atoms with E-state index in [1.54, 1.807) is 0 Å². The van der Waals surface area contributed by atoms with Gasteiger partial charge in [0.1, 0.15) is 0 Å². The van der Waals surface area contributed by atoms with Crippen LogP contribution in [0.4, 0.5) is 0 Å². The van der Waals surface area contributed by atoms with Gasteiger partial charge in [-0.15, -0.1) is 0 Å². The Morgan fingerprint density at radius 2 is 1.96 bits per heavy atom. The van der Waals surface area contributed by atoms with E-state index in [0.717, 1.165) is 44.1 Å². The zero-order chi connectivity index (χ0) is 16.9. The Morgan fingerprint density at radius 3 is 2.75 bits per heavy atom. The van der Waals surface area contributed by atoms with Gasteiger partial charge in [-0.1, -0.05) is 13.0 Å². The number of hydrogen-bond donors (Lipinski definition) is 2. The molecule has 4 bridgehead atoms. The van der Waals surface area contributed by atoms with Gasteiger partial charge in [-0.3, -0.25) is 4.79 Å². The molecule has 4 nitrogen and oxygen atoms in total. The van der Waals surface area contributed by atoms with Crippen molar-refractivity contribution in [1.29, 1.82) is 0 Å². The van der Waals surface area contributed by atoms with Crippen molar-refractivity contribution in [2.24, 2.45) is 34.0 Å². The van der Waals surface area contributed by atoms with E-state index in [9.17, 15) is 15.0 Å². The zero-order valence-electron chi connectivity index (χ0n) is 14.5. The molecule has 0 aromatic heterocycles. The van der Waals surface area contributed by atoms with Crippen LogP contribution >= 0.6 is 0 Å². The van der Waals surface area contributed by atoms with Crippen molar-refractivity contribution in [2.75, 3.05) is 6.61 Å². The molecule has 5 saturated carbocycles. The molecule has 2 N–H and O–H groups in total. The van der Waals surface area contributed by atoms with E-state index in [-0.39, 0.29) is 23.2 Å². The molecule has 0 aromatic carbocycles. The predicted molar refractivity (Wildman–Crippen MR) is 87.9 cm³/mol. The first-order valence-electron chi connectivity index (χ1n) is 9.58. The number of esters is 1. The fourth-order valence-corrected chi connectivity index (χ4v) is 7.81. The maximum absolute atomic E-state index is 12.6. The Hall–Kier alpha value is -0.870. The monoisotopic (exact) mass is 332 g/mol. The van der Waals surface area contributed by atoms with Gasteiger partial charge in [-0.05, 0) is 68.8 Å². The standard InChI is InChI=1S/C20H28O4/c1-11-12-4-7-20(16(11)22)14(8-12)19-6-3-5-18(2,17(23)24-10-19)13(19)9-15(20)21/h12-16,21-22H,1,3-10H2,2H3/t12-,13+,14+,15-,16+,18+,19+,20+/m1/s1. The molecule has 1 aliphatic heterocycles.